The molecular weight excluding hydrogens is 254 g/mol. The van der Waals surface area contributed by atoms with Crippen molar-refractivity contribution in [2.75, 3.05) is 0 Å². The lowest BCUT2D eigenvalue weighted by atomic mass is 10.2. The van der Waals surface area contributed by atoms with Crippen LogP contribution in [0.2, 0.25) is 0 Å². The van der Waals surface area contributed by atoms with Crippen LogP contribution in [0, 0.1) is 0 Å². The van der Waals surface area contributed by atoms with E-state index >= 15 is 0 Å². The Morgan fingerprint density at radius 1 is 1.39 bits per heavy atom. The van der Waals surface area contributed by atoms with Gasteiger partial charge in [-0.15, -0.1) is 5.10 Å². The van der Waals surface area contributed by atoms with E-state index in [4.69, 9.17) is 5.11 Å². The van der Waals surface area contributed by atoms with Gasteiger partial charge in [0.15, 0.2) is 16.7 Å². The van der Waals surface area contributed by atoms with Crippen LogP contribution in [0.25, 0.3) is 0 Å². The van der Waals surface area contributed by atoms with Crippen LogP contribution in [0.5, 0.6) is 11.5 Å². The molecule has 7 heteroatoms. The molecular formula is C11H11N3O3S. The third kappa shape index (κ3) is 2.80. The fourth-order valence-electron chi connectivity index (χ4n) is 1.27. The van der Waals surface area contributed by atoms with E-state index in [1.807, 2.05) is 0 Å². The van der Waals surface area contributed by atoms with Crippen molar-refractivity contribution in [3.63, 3.8) is 0 Å². The summed E-state index contributed by atoms with van der Waals surface area (Å²) in [5.41, 5.74) is 0.594. The van der Waals surface area contributed by atoms with Crippen LogP contribution in [-0.2, 0) is 4.79 Å². The average molecular weight is 265 g/mol. The predicted octanol–water partition coefficient (Wildman–Crippen LogP) is 1.04. The fourth-order valence-corrected chi connectivity index (χ4v) is 2.03. The molecule has 0 aromatic heterocycles. The van der Waals surface area contributed by atoms with Gasteiger partial charge in [0, 0.05) is 0 Å². The molecule has 0 spiro atoms. The maximum atomic E-state index is 11.2. The van der Waals surface area contributed by atoms with E-state index in [1.165, 1.54) is 30.1 Å². The van der Waals surface area contributed by atoms with Crippen LogP contribution in [-0.4, -0.2) is 32.8 Å². The van der Waals surface area contributed by atoms with Crippen molar-refractivity contribution in [3.8, 4) is 11.5 Å². The van der Waals surface area contributed by atoms with E-state index in [-0.39, 0.29) is 22.7 Å². The summed E-state index contributed by atoms with van der Waals surface area (Å²) in [5.74, 6) is -0.495. The van der Waals surface area contributed by atoms with Gasteiger partial charge in [0.05, 0.1) is 11.5 Å². The van der Waals surface area contributed by atoms with E-state index in [0.29, 0.717) is 10.7 Å². The first-order chi connectivity index (χ1) is 8.56. The highest BCUT2D eigenvalue weighted by Gasteiger charge is 2.25. The number of carbonyl (C=O) groups excluding carboxylic acids is 1. The van der Waals surface area contributed by atoms with Gasteiger partial charge in [-0.1, -0.05) is 11.8 Å². The molecule has 1 aromatic carbocycles. The molecule has 1 heterocycles. The number of carbonyl (C=O) groups is 1. The second kappa shape index (κ2) is 5.09. The Morgan fingerprint density at radius 3 is 2.78 bits per heavy atom. The predicted molar refractivity (Wildman–Crippen MR) is 70.0 cm³/mol. The maximum absolute atomic E-state index is 11.2. The number of amidine groups is 1. The molecule has 18 heavy (non-hydrogen) atoms. The number of nitrogens with zero attached hydrogens (tertiary/aromatic N) is 2. The molecule has 6 nitrogen and oxygen atoms in total. The van der Waals surface area contributed by atoms with Gasteiger partial charge in [-0.2, -0.15) is 5.10 Å². The molecule has 1 saturated heterocycles. The minimum atomic E-state index is -0.219. The average Bonchev–Trinajstić information content (AvgIpc) is 2.63. The van der Waals surface area contributed by atoms with Crippen LogP contribution in [0.1, 0.15) is 12.5 Å². The third-order valence-electron chi connectivity index (χ3n) is 2.24. The van der Waals surface area contributed by atoms with Crippen molar-refractivity contribution >= 4 is 29.1 Å². The number of phenolic OH excluding ortho intramolecular Hbond substituents is 2. The van der Waals surface area contributed by atoms with Crippen LogP contribution >= 0.6 is 11.8 Å². The number of rotatable bonds is 2. The highest BCUT2D eigenvalue weighted by Crippen LogP contribution is 2.24. The Balaban J connectivity index is 2.05. The zero-order valence-electron chi connectivity index (χ0n) is 9.49. The highest BCUT2D eigenvalue weighted by atomic mass is 32.2. The van der Waals surface area contributed by atoms with Crippen molar-refractivity contribution in [1.29, 1.82) is 0 Å². The normalized spacial score (nSPS) is 21.7. The lowest BCUT2D eigenvalue weighted by Gasteiger charge is -1.97. The second-order valence-corrected chi connectivity index (χ2v) is 4.98. The monoisotopic (exact) mass is 265 g/mol. The van der Waals surface area contributed by atoms with Crippen molar-refractivity contribution in [3.05, 3.63) is 23.8 Å². The van der Waals surface area contributed by atoms with Gasteiger partial charge in [0.2, 0.25) is 5.91 Å². The zero-order chi connectivity index (χ0) is 13.1. The van der Waals surface area contributed by atoms with Gasteiger partial charge in [-0.25, -0.2) is 0 Å². The van der Waals surface area contributed by atoms with Gasteiger partial charge >= 0.3 is 0 Å². The van der Waals surface area contributed by atoms with Gasteiger partial charge in [0.25, 0.3) is 0 Å². The summed E-state index contributed by atoms with van der Waals surface area (Å²) in [6.45, 7) is 1.78. The molecule has 0 unspecified atom stereocenters. The zero-order valence-corrected chi connectivity index (χ0v) is 10.3. The van der Waals surface area contributed by atoms with Gasteiger partial charge < -0.3 is 15.5 Å². The quantitative estimate of drug-likeness (QED) is 0.423. The molecule has 0 radical (unpaired) electrons. The Bertz CT molecular complexity index is 542. The molecule has 1 fully saturated rings. The summed E-state index contributed by atoms with van der Waals surface area (Å²) in [4.78, 5) is 11.2. The van der Waals surface area contributed by atoms with Crippen molar-refractivity contribution in [2.45, 2.75) is 12.2 Å². The second-order valence-electron chi connectivity index (χ2n) is 3.65. The van der Waals surface area contributed by atoms with Crippen LogP contribution in [0.15, 0.2) is 28.4 Å². The Hall–Kier alpha value is -2.02. The molecule has 3 N–H and O–H groups in total. The van der Waals surface area contributed by atoms with Crippen molar-refractivity contribution in [2.24, 2.45) is 10.2 Å². The number of benzene rings is 1. The fraction of sp³-hybridized carbons (Fsp3) is 0.182. The number of hydrogen-bond donors (Lipinski definition) is 3. The molecule has 1 aliphatic heterocycles. The van der Waals surface area contributed by atoms with E-state index < -0.39 is 0 Å². The first-order valence-electron chi connectivity index (χ1n) is 5.17. The summed E-state index contributed by atoms with van der Waals surface area (Å²) in [6, 6.07) is 4.31. The first kappa shape index (κ1) is 12.4. The third-order valence-corrected chi connectivity index (χ3v) is 3.22. The van der Waals surface area contributed by atoms with E-state index in [2.05, 4.69) is 15.5 Å². The molecule has 1 aliphatic rings. The van der Waals surface area contributed by atoms with Gasteiger partial charge in [-0.3, -0.25) is 4.79 Å². The number of phenols is 2. The topological polar surface area (TPSA) is 94.3 Å². The van der Waals surface area contributed by atoms with E-state index in [0.717, 1.165) is 0 Å². The van der Waals surface area contributed by atoms with E-state index in [9.17, 15) is 9.90 Å². The first-order valence-corrected chi connectivity index (χ1v) is 6.05. The standard InChI is InChI=1S/C11H11N3O3S/c1-6-10(17)13-11(18-6)14-12-5-7-2-3-8(15)9(16)4-7/h2-6,15-16H,1H3,(H,13,14,17)/b12-5+/t6-/m0/s1. The summed E-state index contributed by atoms with van der Waals surface area (Å²) in [5, 5.41) is 28.9. The summed E-state index contributed by atoms with van der Waals surface area (Å²) >= 11 is 1.30. The van der Waals surface area contributed by atoms with Crippen molar-refractivity contribution < 1.29 is 15.0 Å². The number of nitrogens with one attached hydrogen (secondary N) is 1. The largest absolute Gasteiger partial charge is 0.504 e. The van der Waals surface area contributed by atoms with Crippen LogP contribution in [0.4, 0.5) is 0 Å². The molecule has 94 valence electrons. The summed E-state index contributed by atoms with van der Waals surface area (Å²) in [6.07, 6.45) is 1.42. The molecule has 1 aromatic rings. The molecule has 1 amide bonds. The Kier molecular flexibility index (Phi) is 3.52. The lowest BCUT2D eigenvalue weighted by Crippen LogP contribution is -2.23. The van der Waals surface area contributed by atoms with E-state index in [1.54, 1.807) is 13.0 Å². The minimum absolute atomic E-state index is 0.0868. The lowest BCUT2D eigenvalue weighted by molar-refractivity contribution is -0.118. The van der Waals surface area contributed by atoms with Crippen LogP contribution < -0.4 is 5.32 Å². The smallest absolute Gasteiger partial charge is 0.239 e. The number of thioether (sulfide) groups is 1. The highest BCUT2D eigenvalue weighted by molar-refractivity contribution is 8.15. The molecule has 2 rings (SSSR count). The van der Waals surface area contributed by atoms with Crippen LogP contribution in [0.3, 0.4) is 0 Å². The SMILES string of the molecule is C[C@@H]1S/C(=N\N=C\c2ccc(O)c(O)c2)NC1=O. The molecule has 0 aliphatic carbocycles. The number of hydrogen-bond acceptors (Lipinski definition) is 6. The van der Waals surface area contributed by atoms with Gasteiger partial charge in [-0.05, 0) is 30.7 Å². The van der Waals surface area contributed by atoms with Gasteiger partial charge in [0.1, 0.15) is 0 Å². The molecule has 0 bridgehead atoms. The summed E-state index contributed by atoms with van der Waals surface area (Å²) in [7, 11) is 0. The number of amides is 1. The summed E-state index contributed by atoms with van der Waals surface area (Å²) < 4.78 is 0. The molecule has 0 saturated carbocycles. The minimum Gasteiger partial charge on any atom is -0.504 e. The maximum Gasteiger partial charge on any atom is 0.239 e. The Morgan fingerprint density at radius 2 is 2.17 bits per heavy atom. The number of aromatic hydroxyl groups is 2. The van der Waals surface area contributed by atoms with Crippen molar-refractivity contribution in [1.82, 2.24) is 5.32 Å². The Labute approximate surface area is 107 Å². The molecule has 1 atom stereocenters.